The largest absolute Gasteiger partial charge is 0.451 e. The van der Waals surface area contributed by atoms with Crippen LogP contribution >= 0.6 is 0 Å². The minimum atomic E-state index is -0.746. The molecule has 0 saturated carbocycles. The number of carbonyl (C=O) groups is 2. The lowest BCUT2D eigenvalue weighted by molar-refractivity contribution is -0.124. The molecule has 1 N–H and O–H groups in total. The molecular formula is C22H23N3O4. The first-order chi connectivity index (χ1) is 14.0. The van der Waals surface area contributed by atoms with Gasteiger partial charge >= 0.3 is 5.97 Å². The van der Waals surface area contributed by atoms with E-state index in [9.17, 15) is 14.4 Å². The van der Waals surface area contributed by atoms with E-state index in [1.165, 1.54) is 12.6 Å². The zero-order chi connectivity index (χ0) is 20.8. The van der Waals surface area contributed by atoms with E-state index in [-0.39, 0.29) is 23.2 Å². The summed E-state index contributed by atoms with van der Waals surface area (Å²) in [6.07, 6.45) is 1.62. The topological polar surface area (TPSA) is 90.3 Å². The average molecular weight is 393 g/mol. The number of hydrogen-bond acceptors (Lipinski definition) is 5. The highest BCUT2D eigenvalue weighted by atomic mass is 16.5. The number of carbonyl (C=O) groups excluding carboxylic acids is 2. The molecule has 0 saturated heterocycles. The molecule has 3 aromatic rings. The van der Waals surface area contributed by atoms with Crippen LogP contribution in [0.5, 0.6) is 0 Å². The molecule has 1 heterocycles. The number of nitrogens with zero attached hydrogens (tertiary/aromatic N) is 2. The van der Waals surface area contributed by atoms with Gasteiger partial charge in [0.25, 0.3) is 11.5 Å². The predicted octanol–water partition coefficient (Wildman–Crippen LogP) is 2.23. The van der Waals surface area contributed by atoms with Crippen LogP contribution in [0.1, 0.15) is 29.4 Å². The summed E-state index contributed by atoms with van der Waals surface area (Å²) in [7, 11) is 1.46. The van der Waals surface area contributed by atoms with E-state index in [1.807, 2.05) is 37.3 Å². The quantitative estimate of drug-likeness (QED) is 0.622. The monoisotopic (exact) mass is 393 g/mol. The molecule has 7 heteroatoms. The Morgan fingerprint density at radius 3 is 2.45 bits per heavy atom. The molecule has 0 bridgehead atoms. The van der Waals surface area contributed by atoms with Gasteiger partial charge in [0, 0.05) is 18.5 Å². The van der Waals surface area contributed by atoms with Gasteiger partial charge in [-0.25, -0.2) is 9.48 Å². The first-order valence-corrected chi connectivity index (χ1v) is 9.42. The Hall–Kier alpha value is -3.48. The average Bonchev–Trinajstić information content (AvgIpc) is 2.74. The summed E-state index contributed by atoms with van der Waals surface area (Å²) in [4.78, 5) is 36.7. The number of amides is 1. The second kappa shape index (κ2) is 9.14. The lowest BCUT2D eigenvalue weighted by atomic mass is 10.1. The number of rotatable bonds is 7. The van der Waals surface area contributed by atoms with Crippen molar-refractivity contribution in [2.75, 3.05) is 6.61 Å². The minimum Gasteiger partial charge on any atom is -0.451 e. The molecule has 3 rings (SSSR count). The van der Waals surface area contributed by atoms with E-state index in [4.69, 9.17) is 4.74 Å². The maximum Gasteiger partial charge on any atom is 0.359 e. The van der Waals surface area contributed by atoms with Crippen LogP contribution < -0.4 is 10.9 Å². The first-order valence-electron chi connectivity index (χ1n) is 9.42. The van der Waals surface area contributed by atoms with Gasteiger partial charge in [-0.1, -0.05) is 48.5 Å². The zero-order valence-electron chi connectivity index (χ0n) is 16.4. The van der Waals surface area contributed by atoms with Gasteiger partial charge in [-0.3, -0.25) is 9.59 Å². The molecule has 2 aromatic carbocycles. The van der Waals surface area contributed by atoms with Crippen molar-refractivity contribution in [2.45, 2.75) is 25.8 Å². The molecule has 7 nitrogen and oxygen atoms in total. The molecule has 29 heavy (non-hydrogen) atoms. The molecule has 0 aliphatic carbocycles. The smallest absolute Gasteiger partial charge is 0.359 e. The Kier molecular flexibility index (Phi) is 6.39. The van der Waals surface area contributed by atoms with Crippen LogP contribution in [0, 0.1) is 0 Å². The second-order valence-corrected chi connectivity index (χ2v) is 6.89. The Bertz CT molecular complexity index is 1080. The van der Waals surface area contributed by atoms with E-state index in [2.05, 4.69) is 10.4 Å². The predicted molar refractivity (Wildman–Crippen MR) is 110 cm³/mol. The van der Waals surface area contributed by atoms with Crippen molar-refractivity contribution in [2.24, 2.45) is 7.05 Å². The van der Waals surface area contributed by atoms with Crippen molar-refractivity contribution < 1.29 is 14.3 Å². The normalized spacial score (nSPS) is 11.8. The van der Waals surface area contributed by atoms with Gasteiger partial charge in [0.05, 0.1) is 5.39 Å². The fourth-order valence-corrected chi connectivity index (χ4v) is 3.07. The van der Waals surface area contributed by atoms with Crippen LogP contribution in [0.15, 0.2) is 59.4 Å². The fraction of sp³-hybridized carbons (Fsp3) is 0.273. The Morgan fingerprint density at radius 2 is 1.72 bits per heavy atom. The summed E-state index contributed by atoms with van der Waals surface area (Å²) < 4.78 is 6.22. The summed E-state index contributed by atoms with van der Waals surface area (Å²) in [6, 6.07) is 16.6. The van der Waals surface area contributed by atoms with Crippen molar-refractivity contribution in [3.05, 3.63) is 76.2 Å². The van der Waals surface area contributed by atoms with Gasteiger partial charge in [0.15, 0.2) is 12.3 Å². The number of hydrogen-bond donors (Lipinski definition) is 1. The number of esters is 1. The SMILES string of the molecule is CC(CCc1ccccc1)NC(=O)COC(=O)c1nn(C)c(=O)c2ccccc12. The minimum absolute atomic E-state index is 0.00706. The molecule has 0 aliphatic rings. The molecule has 0 spiro atoms. The van der Waals surface area contributed by atoms with Gasteiger partial charge in [-0.2, -0.15) is 5.10 Å². The third-order valence-corrected chi connectivity index (χ3v) is 4.60. The van der Waals surface area contributed by atoms with E-state index in [0.29, 0.717) is 10.8 Å². The Morgan fingerprint density at radius 1 is 1.07 bits per heavy atom. The lowest BCUT2D eigenvalue weighted by Crippen LogP contribution is -2.36. The van der Waals surface area contributed by atoms with Crippen molar-refractivity contribution in [1.82, 2.24) is 15.1 Å². The van der Waals surface area contributed by atoms with Gasteiger partial charge in [-0.05, 0) is 31.4 Å². The van der Waals surface area contributed by atoms with Crippen LogP contribution in [0.2, 0.25) is 0 Å². The molecule has 1 unspecified atom stereocenters. The van der Waals surface area contributed by atoms with Gasteiger partial charge < -0.3 is 10.1 Å². The van der Waals surface area contributed by atoms with E-state index in [0.717, 1.165) is 17.5 Å². The fourth-order valence-electron chi connectivity index (χ4n) is 3.07. The highest BCUT2D eigenvalue weighted by Crippen LogP contribution is 2.14. The molecular weight excluding hydrogens is 370 g/mol. The Balaban J connectivity index is 1.57. The van der Waals surface area contributed by atoms with Crippen molar-refractivity contribution in [3.8, 4) is 0 Å². The summed E-state index contributed by atoms with van der Waals surface area (Å²) in [6.45, 7) is 1.50. The van der Waals surface area contributed by atoms with Crippen LogP contribution in [0.25, 0.3) is 10.8 Å². The number of aryl methyl sites for hydroxylation is 2. The third kappa shape index (κ3) is 5.07. The number of nitrogens with one attached hydrogen (secondary N) is 1. The lowest BCUT2D eigenvalue weighted by Gasteiger charge is -2.14. The molecule has 0 aliphatic heterocycles. The van der Waals surface area contributed by atoms with Crippen LogP contribution in [0.3, 0.4) is 0 Å². The molecule has 1 aromatic heterocycles. The summed E-state index contributed by atoms with van der Waals surface area (Å²) in [5.41, 5.74) is 0.905. The van der Waals surface area contributed by atoms with Crippen LogP contribution in [-0.4, -0.2) is 34.3 Å². The van der Waals surface area contributed by atoms with Crippen molar-refractivity contribution >= 4 is 22.6 Å². The van der Waals surface area contributed by atoms with Crippen LogP contribution in [0.4, 0.5) is 0 Å². The third-order valence-electron chi connectivity index (χ3n) is 4.60. The van der Waals surface area contributed by atoms with E-state index < -0.39 is 12.6 Å². The standard InChI is InChI=1S/C22H23N3O4/c1-15(12-13-16-8-4-3-5-9-16)23-19(26)14-29-22(28)20-17-10-6-7-11-18(17)21(27)25(2)24-20/h3-11,15H,12-14H2,1-2H3,(H,23,26). The number of fused-ring (bicyclic) bond motifs is 1. The second-order valence-electron chi connectivity index (χ2n) is 6.89. The highest BCUT2D eigenvalue weighted by Gasteiger charge is 2.18. The van der Waals surface area contributed by atoms with E-state index >= 15 is 0 Å². The van der Waals surface area contributed by atoms with E-state index in [1.54, 1.807) is 24.3 Å². The zero-order valence-corrected chi connectivity index (χ0v) is 16.4. The highest BCUT2D eigenvalue weighted by molar-refractivity contribution is 6.02. The maximum absolute atomic E-state index is 12.4. The van der Waals surface area contributed by atoms with Crippen molar-refractivity contribution in [3.63, 3.8) is 0 Å². The summed E-state index contributed by atoms with van der Waals surface area (Å²) in [5.74, 6) is -1.13. The summed E-state index contributed by atoms with van der Waals surface area (Å²) >= 11 is 0. The van der Waals surface area contributed by atoms with Gasteiger partial charge in [0.1, 0.15) is 0 Å². The number of aromatic nitrogens is 2. The molecule has 1 amide bonds. The molecule has 1 atom stereocenters. The first kappa shape index (κ1) is 20.3. The molecule has 0 fully saturated rings. The maximum atomic E-state index is 12.4. The molecule has 150 valence electrons. The van der Waals surface area contributed by atoms with Gasteiger partial charge in [0.2, 0.25) is 0 Å². The van der Waals surface area contributed by atoms with Crippen LogP contribution in [-0.2, 0) is 23.0 Å². The Labute approximate surface area is 168 Å². The number of benzene rings is 2. The van der Waals surface area contributed by atoms with Crippen molar-refractivity contribution in [1.29, 1.82) is 0 Å². The summed E-state index contributed by atoms with van der Waals surface area (Å²) in [5, 5.41) is 7.59. The number of ether oxygens (including phenoxy) is 1. The van der Waals surface area contributed by atoms with Gasteiger partial charge in [-0.15, -0.1) is 0 Å². The molecule has 0 radical (unpaired) electrons.